The van der Waals surface area contributed by atoms with E-state index in [1.54, 1.807) is 18.0 Å². The van der Waals surface area contributed by atoms with Gasteiger partial charge in [-0.3, -0.25) is 4.79 Å². The summed E-state index contributed by atoms with van der Waals surface area (Å²) in [6, 6.07) is 9.81. The third-order valence-corrected chi connectivity index (χ3v) is 3.24. The zero-order valence-electron chi connectivity index (χ0n) is 11.4. The molecule has 0 bridgehead atoms. The Kier molecular flexibility index (Phi) is 3.98. The molecule has 1 unspecified atom stereocenters. The number of carbonyl (C=O) groups is 1. The van der Waals surface area contributed by atoms with Crippen LogP contribution in [0.4, 0.5) is 10.1 Å². The van der Waals surface area contributed by atoms with Crippen molar-refractivity contribution < 1.29 is 9.18 Å². The van der Waals surface area contributed by atoms with Crippen molar-refractivity contribution in [2.45, 2.75) is 13.0 Å². The van der Waals surface area contributed by atoms with Gasteiger partial charge in [-0.15, -0.1) is 0 Å². The number of amides is 1. The summed E-state index contributed by atoms with van der Waals surface area (Å²) in [5.41, 5.74) is 7.54. The molecule has 0 saturated carbocycles. The lowest BCUT2D eigenvalue weighted by molar-refractivity contribution is 0.0736. The highest BCUT2D eigenvalue weighted by molar-refractivity contribution is 5.92. The fraction of sp³-hybridized carbons (Fsp3) is 0.200. The van der Waals surface area contributed by atoms with Crippen LogP contribution in [-0.4, -0.2) is 22.8 Å². The number of benzene rings is 1. The molecule has 5 heteroatoms. The summed E-state index contributed by atoms with van der Waals surface area (Å²) in [6.45, 7) is 1.90. The second-order valence-electron chi connectivity index (χ2n) is 4.62. The number of hydrogen-bond acceptors (Lipinski definition) is 3. The van der Waals surface area contributed by atoms with Gasteiger partial charge in [0.05, 0.1) is 12.2 Å². The Morgan fingerprint density at radius 3 is 2.70 bits per heavy atom. The molecule has 0 radical (unpaired) electrons. The molecule has 0 saturated heterocycles. The van der Waals surface area contributed by atoms with E-state index in [1.165, 1.54) is 12.1 Å². The second-order valence-corrected chi connectivity index (χ2v) is 4.62. The average Bonchev–Trinajstić information content (AvgIpc) is 2.46. The van der Waals surface area contributed by atoms with Gasteiger partial charge in [-0.25, -0.2) is 9.37 Å². The van der Waals surface area contributed by atoms with Gasteiger partial charge < -0.3 is 10.6 Å². The quantitative estimate of drug-likeness (QED) is 0.874. The molecular formula is C15H16FN3O. The van der Waals surface area contributed by atoms with Crippen LogP contribution in [0.25, 0.3) is 0 Å². The lowest BCUT2D eigenvalue weighted by atomic mass is 10.1. The first-order valence-electron chi connectivity index (χ1n) is 6.23. The van der Waals surface area contributed by atoms with Crippen molar-refractivity contribution in [2.24, 2.45) is 0 Å². The van der Waals surface area contributed by atoms with Crippen LogP contribution in [0.15, 0.2) is 42.6 Å². The molecule has 2 rings (SSSR count). The first-order chi connectivity index (χ1) is 9.49. The Labute approximate surface area is 117 Å². The van der Waals surface area contributed by atoms with E-state index < -0.39 is 5.82 Å². The zero-order chi connectivity index (χ0) is 14.7. The normalized spacial score (nSPS) is 11.9. The molecule has 1 aromatic carbocycles. The van der Waals surface area contributed by atoms with Crippen molar-refractivity contribution in [3.05, 3.63) is 59.7 Å². The maximum absolute atomic E-state index is 12.8. The van der Waals surface area contributed by atoms with Crippen molar-refractivity contribution in [3.63, 3.8) is 0 Å². The summed E-state index contributed by atoms with van der Waals surface area (Å²) in [6.07, 6.45) is 1.03. The van der Waals surface area contributed by atoms with E-state index in [2.05, 4.69) is 4.98 Å². The predicted molar refractivity (Wildman–Crippen MR) is 75.6 cm³/mol. The number of nitrogens with two attached hydrogens (primary N) is 1. The highest BCUT2D eigenvalue weighted by Crippen LogP contribution is 2.21. The third-order valence-electron chi connectivity index (χ3n) is 3.24. The number of halogens is 1. The molecule has 104 valence electrons. The van der Waals surface area contributed by atoms with Gasteiger partial charge in [-0.05, 0) is 36.8 Å². The number of carbonyl (C=O) groups excluding carboxylic acids is 1. The van der Waals surface area contributed by atoms with E-state index in [1.807, 2.05) is 25.1 Å². The molecule has 0 aliphatic rings. The van der Waals surface area contributed by atoms with Gasteiger partial charge >= 0.3 is 0 Å². The Balaban J connectivity index is 2.20. The van der Waals surface area contributed by atoms with E-state index in [0.29, 0.717) is 5.69 Å². The highest BCUT2D eigenvalue weighted by Gasteiger charge is 2.20. The largest absolute Gasteiger partial charge is 0.399 e. The fourth-order valence-electron chi connectivity index (χ4n) is 1.90. The van der Waals surface area contributed by atoms with Gasteiger partial charge in [0, 0.05) is 12.7 Å². The topological polar surface area (TPSA) is 59.2 Å². The van der Waals surface area contributed by atoms with E-state index in [9.17, 15) is 9.18 Å². The molecule has 1 heterocycles. The van der Waals surface area contributed by atoms with Crippen LogP contribution in [0.5, 0.6) is 0 Å². The van der Waals surface area contributed by atoms with Crippen molar-refractivity contribution in [3.8, 4) is 0 Å². The maximum Gasteiger partial charge on any atom is 0.272 e. The number of anilines is 1. The fourth-order valence-corrected chi connectivity index (χ4v) is 1.90. The van der Waals surface area contributed by atoms with Gasteiger partial charge in [0.15, 0.2) is 0 Å². The van der Waals surface area contributed by atoms with Gasteiger partial charge in [-0.1, -0.05) is 12.1 Å². The summed E-state index contributed by atoms with van der Waals surface area (Å²) in [7, 11) is 1.68. The molecule has 0 aliphatic carbocycles. The summed E-state index contributed by atoms with van der Waals surface area (Å²) < 4.78 is 12.8. The van der Waals surface area contributed by atoms with E-state index in [4.69, 9.17) is 5.73 Å². The van der Waals surface area contributed by atoms with Crippen LogP contribution in [0.3, 0.4) is 0 Å². The first-order valence-corrected chi connectivity index (χ1v) is 6.23. The first kappa shape index (κ1) is 14.0. The summed E-state index contributed by atoms with van der Waals surface area (Å²) in [4.78, 5) is 17.6. The molecule has 1 aromatic heterocycles. The number of rotatable bonds is 3. The number of nitrogen functional groups attached to an aromatic ring is 1. The third kappa shape index (κ3) is 2.93. The van der Waals surface area contributed by atoms with Gasteiger partial charge in [0.2, 0.25) is 0 Å². The van der Waals surface area contributed by atoms with Crippen LogP contribution in [-0.2, 0) is 0 Å². The summed E-state index contributed by atoms with van der Waals surface area (Å²) in [5.74, 6) is -0.729. The van der Waals surface area contributed by atoms with Gasteiger partial charge in [0.25, 0.3) is 5.91 Å². The standard InChI is InChI=1S/C15H16FN3O/c1-10(11-4-3-5-13(17)8-11)19(2)15(20)14-7-6-12(16)9-18-14/h3-10H,17H2,1-2H3. The minimum atomic E-state index is -0.465. The SMILES string of the molecule is CC(c1cccc(N)c1)N(C)C(=O)c1ccc(F)cn1. The molecule has 2 N–H and O–H groups in total. The Bertz CT molecular complexity index is 613. The number of nitrogens with zero attached hydrogens (tertiary/aromatic N) is 2. The van der Waals surface area contributed by atoms with Crippen LogP contribution in [0, 0.1) is 5.82 Å². The molecule has 0 fully saturated rings. The molecular weight excluding hydrogens is 257 g/mol. The van der Waals surface area contributed by atoms with Crippen LogP contribution in [0.2, 0.25) is 0 Å². The number of hydrogen-bond donors (Lipinski definition) is 1. The summed E-state index contributed by atoms with van der Waals surface area (Å²) >= 11 is 0. The molecule has 20 heavy (non-hydrogen) atoms. The van der Waals surface area contributed by atoms with Crippen molar-refractivity contribution in [2.75, 3.05) is 12.8 Å². The molecule has 1 atom stereocenters. The molecule has 0 spiro atoms. The van der Waals surface area contributed by atoms with Gasteiger partial charge in [-0.2, -0.15) is 0 Å². The molecule has 1 amide bonds. The second kappa shape index (κ2) is 5.69. The molecule has 0 aliphatic heterocycles. The highest BCUT2D eigenvalue weighted by atomic mass is 19.1. The van der Waals surface area contributed by atoms with E-state index in [0.717, 1.165) is 11.8 Å². The predicted octanol–water partition coefficient (Wildman–Crippen LogP) is 2.64. The van der Waals surface area contributed by atoms with Crippen LogP contribution >= 0.6 is 0 Å². The maximum atomic E-state index is 12.8. The molecule has 4 nitrogen and oxygen atoms in total. The Hall–Kier alpha value is -2.43. The van der Waals surface area contributed by atoms with Crippen molar-refractivity contribution >= 4 is 11.6 Å². The number of pyridine rings is 1. The average molecular weight is 273 g/mol. The van der Waals surface area contributed by atoms with E-state index in [-0.39, 0.29) is 17.6 Å². The Morgan fingerprint density at radius 2 is 2.10 bits per heavy atom. The van der Waals surface area contributed by atoms with Crippen LogP contribution < -0.4 is 5.73 Å². The van der Waals surface area contributed by atoms with Crippen molar-refractivity contribution in [1.29, 1.82) is 0 Å². The van der Waals surface area contributed by atoms with Crippen LogP contribution in [0.1, 0.15) is 29.0 Å². The molecule has 2 aromatic rings. The zero-order valence-corrected chi connectivity index (χ0v) is 11.4. The van der Waals surface area contributed by atoms with E-state index >= 15 is 0 Å². The lowest BCUT2D eigenvalue weighted by Gasteiger charge is -2.25. The minimum absolute atomic E-state index is 0.155. The van der Waals surface area contributed by atoms with Gasteiger partial charge in [0.1, 0.15) is 11.5 Å². The summed E-state index contributed by atoms with van der Waals surface area (Å²) in [5, 5.41) is 0. The smallest absolute Gasteiger partial charge is 0.272 e. The minimum Gasteiger partial charge on any atom is -0.399 e. The Morgan fingerprint density at radius 1 is 1.35 bits per heavy atom. The monoisotopic (exact) mass is 273 g/mol. The lowest BCUT2D eigenvalue weighted by Crippen LogP contribution is -2.30. The number of aromatic nitrogens is 1. The van der Waals surface area contributed by atoms with Crippen molar-refractivity contribution in [1.82, 2.24) is 9.88 Å².